The molecule has 0 heterocycles. The van der Waals surface area contributed by atoms with Crippen molar-refractivity contribution in [2.75, 3.05) is 0 Å². The molecule has 16 heavy (non-hydrogen) atoms. The van der Waals surface area contributed by atoms with Gasteiger partial charge < -0.3 is 11.1 Å². The quantitative estimate of drug-likeness (QED) is 0.797. The van der Waals surface area contributed by atoms with Crippen LogP contribution in [0.3, 0.4) is 0 Å². The Morgan fingerprint density at radius 3 is 2.56 bits per heavy atom. The van der Waals surface area contributed by atoms with Gasteiger partial charge in [-0.2, -0.15) is 0 Å². The Morgan fingerprint density at radius 2 is 1.94 bits per heavy atom. The van der Waals surface area contributed by atoms with Gasteiger partial charge in [0.25, 0.3) is 0 Å². The summed E-state index contributed by atoms with van der Waals surface area (Å²) in [6, 6.07) is 10.0. The second kappa shape index (κ2) is 3.86. The van der Waals surface area contributed by atoms with E-state index in [1.807, 2.05) is 0 Å². The third-order valence-electron chi connectivity index (χ3n) is 4.30. The zero-order valence-corrected chi connectivity index (χ0v) is 9.82. The Bertz CT molecular complexity index is 388. The van der Waals surface area contributed by atoms with E-state index in [4.69, 9.17) is 5.73 Å². The van der Waals surface area contributed by atoms with Crippen LogP contribution in [0.4, 0.5) is 0 Å². The summed E-state index contributed by atoms with van der Waals surface area (Å²) in [6.07, 6.45) is 3.76. The Morgan fingerprint density at radius 1 is 1.19 bits per heavy atom. The number of rotatable bonds is 2. The molecule has 0 spiro atoms. The van der Waals surface area contributed by atoms with Crippen LogP contribution in [0.5, 0.6) is 0 Å². The van der Waals surface area contributed by atoms with E-state index < -0.39 is 0 Å². The Kier molecular flexibility index (Phi) is 2.49. The normalized spacial score (nSPS) is 36.9. The summed E-state index contributed by atoms with van der Waals surface area (Å²) >= 11 is 0. The van der Waals surface area contributed by atoms with Crippen molar-refractivity contribution in [1.29, 1.82) is 0 Å². The molecule has 2 heteroatoms. The van der Waals surface area contributed by atoms with E-state index >= 15 is 0 Å². The molecule has 1 fully saturated rings. The molecule has 3 rings (SSSR count). The van der Waals surface area contributed by atoms with Crippen LogP contribution in [0.1, 0.15) is 49.4 Å². The number of nitrogens with two attached hydrogens (primary N) is 1. The van der Waals surface area contributed by atoms with E-state index in [2.05, 4.69) is 36.5 Å². The third kappa shape index (κ3) is 1.57. The van der Waals surface area contributed by atoms with E-state index in [0.717, 1.165) is 12.3 Å². The van der Waals surface area contributed by atoms with Gasteiger partial charge in [0.2, 0.25) is 0 Å². The molecule has 2 aliphatic rings. The highest BCUT2D eigenvalue weighted by atomic mass is 15.0. The molecule has 3 N–H and O–H groups in total. The summed E-state index contributed by atoms with van der Waals surface area (Å²) in [5.41, 5.74) is 8.93. The Balaban J connectivity index is 1.78. The van der Waals surface area contributed by atoms with Gasteiger partial charge in [-0.05, 0) is 36.3 Å². The zero-order chi connectivity index (χ0) is 11.1. The standard InChI is InChI=1S/C14H20N2/c1-9-6-7-13(9)16-14-8-12(15)10-4-2-3-5-11(10)14/h2-5,9,12-14,16H,6-8,15H2,1H3. The van der Waals surface area contributed by atoms with Gasteiger partial charge in [0.1, 0.15) is 0 Å². The van der Waals surface area contributed by atoms with E-state index in [9.17, 15) is 0 Å². The first kappa shape index (κ1) is 10.3. The first-order chi connectivity index (χ1) is 7.75. The summed E-state index contributed by atoms with van der Waals surface area (Å²) in [5.74, 6) is 0.837. The SMILES string of the molecule is CC1CCC1NC1CC(N)c2ccccc21. The predicted molar refractivity (Wildman–Crippen MR) is 66.1 cm³/mol. The topological polar surface area (TPSA) is 38.0 Å². The van der Waals surface area contributed by atoms with Crippen molar-refractivity contribution >= 4 is 0 Å². The molecule has 0 radical (unpaired) electrons. The van der Waals surface area contributed by atoms with Crippen LogP contribution in [-0.4, -0.2) is 6.04 Å². The molecule has 4 atom stereocenters. The fourth-order valence-electron chi connectivity index (χ4n) is 3.00. The highest BCUT2D eigenvalue weighted by Gasteiger charge is 2.33. The summed E-state index contributed by atoms with van der Waals surface area (Å²) < 4.78 is 0. The average Bonchev–Trinajstić information content (AvgIpc) is 2.62. The van der Waals surface area contributed by atoms with Crippen molar-refractivity contribution in [3.8, 4) is 0 Å². The summed E-state index contributed by atoms with van der Waals surface area (Å²) in [5, 5.41) is 3.77. The molecule has 0 aromatic heterocycles. The highest BCUT2D eigenvalue weighted by molar-refractivity contribution is 5.37. The first-order valence-corrected chi connectivity index (χ1v) is 6.36. The number of benzene rings is 1. The molecule has 1 aromatic rings. The minimum Gasteiger partial charge on any atom is -0.324 e. The smallest absolute Gasteiger partial charge is 0.0344 e. The highest BCUT2D eigenvalue weighted by Crippen LogP contribution is 2.39. The van der Waals surface area contributed by atoms with Crippen LogP contribution in [0, 0.1) is 5.92 Å². The molecule has 2 nitrogen and oxygen atoms in total. The third-order valence-corrected chi connectivity index (χ3v) is 4.30. The summed E-state index contributed by atoms with van der Waals surface area (Å²) in [6.45, 7) is 2.34. The lowest BCUT2D eigenvalue weighted by Crippen LogP contribution is -2.43. The maximum absolute atomic E-state index is 6.17. The zero-order valence-electron chi connectivity index (χ0n) is 9.82. The molecule has 0 aliphatic heterocycles. The van der Waals surface area contributed by atoms with Crippen molar-refractivity contribution in [2.24, 2.45) is 11.7 Å². The van der Waals surface area contributed by atoms with Crippen LogP contribution < -0.4 is 11.1 Å². The molecule has 0 bridgehead atoms. The number of hydrogen-bond acceptors (Lipinski definition) is 2. The second-order valence-electron chi connectivity index (χ2n) is 5.35. The summed E-state index contributed by atoms with van der Waals surface area (Å²) in [4.78, 5) is 0. The number of nitrogens with one attached hydrogen (secondary N) is 1. The molecule has 0 saturated heterocycles. The first-order valence-electron chi connectivity index (χ1n) is 6.36. The van der Waals surface area contributed by atoms with Crippen LogP contribution >= 0.6 is 0 Å². The second-order valence-corrected chi connectivity index (χ2v) is 5.35. The van der Waals surface area contributed by atoms with Gasteiger partial charge in [0.15, 0.2) is 0 Å². The Labute approximate surface area is 97.2 Å². The summed E-state index contributed by atoms with van der Waals surface area (Å²) in [7, 11) is 0. The van der Waals surface area contributed by atoms with Crippen molar-refractivity contribution in [1.82, 2.24) is 5.32 Å². The van der Waals surface area contributed by atoms with Crippen molar-refractivity contribution < 1.29 is 0 Å². The van der Waals surface area contributed by atoms with Crippen molar-refractivity contribution in [2.45, 2.75) is 44.3 Å². The van der Waals surface area contributed by atoms with Gasteiger partial charge in [0, 0.05) is 18.1 Å². The molecular formula is C14H20N2. The minimum absolute atomic E-state index is 0.226. The van der Waals surface area contributed by atoms with Crippen LogP contribution in [0.2, 0.25) is 0 Å². The van der Waals surface area contributed by atoms with E-state index in [1.54, 1.807) is 0 Å². The molecule has 4 unspecified atom stereocenters. The monoisotopic (exact) mass is 216 g/mol. The van der Waals surface area contributed by atoms with Gasteiger partial charge in [0.05, 0.1) is 0 Å². The van der Waals surface area contributed by atoms with Crippen molar-refractivity contribution in [3.05, 3.63) is 35.4 Å². The molecule has 2 aliphatic carbocycles. The van der Waals surface area contributed by atoms with E-state index in [-0.39, 0.29) is 6.04 Å². The molecule has 0 amide bonds. The fraction of sp³-hybridized carbons (Fsp3) is 0.571. The van der Waals surface area contributed by atoms with Crippen LogP contribution in [0.25, 0.3) is 0 Å². The van der Waals surface area contributed by atoms with E-state index in [1.165, 1.54) is 24.0 Å². The number of fused-ring (bicyclic) bond motifs is 1. The average molecular weight is 216 g/mol. The van der Waals surface area contributed by atoms with Gasteiger partial charge in [-0.15, -0.1) is 0 Å². The molecule has 1 saturated carbocycles. The lowest BCUT2D eigenvalue weighted by molar-refractivity contribution is 0.208. The van der Waals surface area contributed by atoms with Gasteiger partial charge >= 0.3 is 0 Å². The minimum atomic E-state index is 0.226. The fourth-order valence-corrected chi connectivity index (χ4v) is 3.00. The van der Waals surface area contributed by atoms with E-state index in [0.29, 0.717) is 12.1 Å². The lowest BCUT2D eigenvalue weighted by Gasteiger charge is -2.37. The molecular weight excluding hydrogens is 196 g/mol. The molecule has 86 valence electrons. The maximum Gasteiger partial charge on any atom is 0.0344 e. The largest absolute Gasteiger partial charge is 0.324 e. The van der Waals surface area contributed by atoms with Crippen LogP contribution in [0.15, 0.2) is 24.3 Å². The van der Waals surface area contributed by atoms with Crippen LogP contribution in [-0.2, 0) is 0 Å². The maximum atomic E-state index is 6.17. The Hall–Kier alpha value is -0.860. The lowest BCUT2D eigenvalue weighted by atomic mass is 9.80. The van der Waals surface area contributed by atoms with Gasteiger partial charge in [-0.25, -0.2) is 0 Å². The van der Waals surface area contributed by atoms with Crippen molar-refractivity contribution in [3.63, 3.8) is 0 Å². The number of hydrogen-bond donors (Lipinski definition) is 2. The molecule has 1 aromatic carbocycles. The predicted octanol–water partition coefficient (Wildman–Crippen LogP) is 2.52. The van der Waals surface area contributed by atoms with Gasteiger partial charge in [-0.1, -0.05) is 31.2 Å². The van der Waals surface area contributed by atoms with Gasteiger partial charge in [-0.3, -0.25) is 0 Å².